The topological polar surface area (TPSA) is 48.5 Å². The van der Waals surface area contributed by atoms with E-state index in [9.17, 15) is 0 Å². The van der Waals surface area contributed by atoms with Gasteiger partial charge in [-0.2, -0.15) is 0 Å². The molecule has 0 bridgehead atoms. The van der Waals surface area contributed by atoms with Gasteiger partial charge in [0, 0.05) is 28.6 Å². The number of hydrogen-bond donors (Lipinski definition) is 0. The van der Waals surface area contributed by atoms with E-state index in [2.05, 4.69) is 111 Å². The summed E-state index contributed by atoms with van der Waals surface area (Å²) in [6.45, 7) is 2.13. The molecule has 1 aliphatic rings. The molecule has 0 aliphatic heterocycles. The van der Waals surface area contributed by atoms with Crippen molar-refractivity contribution in [3.05, 3.63) is 95.7 Å². The minimum atomic E-state index is 0.358. The second-order valence-corrected chi connectivity index (χ2v) is 9.41. The molecule has 3 aromatic carbocycles. The van der Waals surface area contributed by atoms with E-state index in [0.29, 0.717) is 6.04 Å². The number of nitrogens with zero attached hydrogens (tertiary/aromatic N) is 5. The summed E-state index contributed by atoms with van der Waals surface area (Å²) >= 11 is 0. The average molecular weight is 448 g/mol. The van der Waals surface area contributed by atoms with Crippen molar-refractivity contribution in [3.63, 3.8) is 0 Å². The zero-order chi connectivity index (χ0) is 22.9. The maximum Gasteiger partial charge on any atom is 0.199 e. The number of benzene rings is 3. The van der Waals surface area contributed by atoms with Crippen LogP contribution >= 0.6 is 0 Å². The Hall–Kier alpha value is -3.73. The first-order valence-electron chi connectivity index (χ1n) is 12.3. The summed E-state index contributed by atoms with van der Waals surface area (Å²) in [4.78, 5) is 0. The van der Waals surface area contributed by atoms with E-state index >= 15 is 0 Å². The van der Waals surface area contributed by atoms with E-state index < -0.39 is 0 Å². The molecule has 5 nitrogen and oxygen atoms in total. The van der Waals surface area contributed by atoms with Gasteiger partial charge in [0.25, 0.3) is 0 Å². The molecule has 0 unspecified atom stereocenters. The smallest absolute Gasteiger partial charge is 0.199 e. The van der Waals surface area contributed by atoms with E-state index in [1.165, 1.54) is 46.9 Å². The average Bonchev–Trinajstić information content (AvgIpc) is 3.49. The fraction of sp³-hybridized carbons (Fsp3) is 0.276. The third-order valence-electron chi connectivity index (χ3n) is 7.12. The highest BCUT2D eigenvalue weighted by atomic mass is 15.6. The van der Waals surface area contributed by atoms with Gasteiger partial charge in [0.05, 0.1) is 6.04 Å². The first kappa shape index (κ1) is 20.8. The third kappa shape index (κ3) is 3.71. The van der Waals surface area contributed by atoms with Gasteiger partial charge in [-0.3, -0.25) is 0 Å². The van der Waals surface area contributed by atoms with Crippen LogP contribution in [0.25, 0.3) is 28.0 Å². The first-order chi connectivity index (χ1) is 16.8. The highest BCUT2D eigenvalue weighted by molar-refractivity contribution is 5.98. The zero-order valence-corrected chi connectivity index (χ0v) is 19.6. The van der Waals surface area contributed by atoms with Gasteiger partial charge in [0.2, 0.25) is 0 Å². The molecule has 0 spiro atoms. The molecule has 1 fully saturated rings. The van der Waals surface area contributed by atoms with Crippen LogP contribution in [0.1, 0.15) is 55.0 Å². The first-order valence-corrected chi connectivity index (χ1v) is 12.3. The molecule has 0 atom stereocenters. The maximum atomic E-state index is 4.62. The van der Waals surface area contributed by atoms with Crippen molar-refractivity contribution in [3.8, 4) is 17.2 Å². The summed E-state index contributed by atoms with van der Waals surface area (Å²) in [7, 11) is 0. The van der Waals surface area contributed by atoms with Crippen molar-refractivity contribution >= 4 is 10.8 Å². The predicted molar refractivity (Wildman–Crippen MR) is 136 cm³/mol. The Bertz CT molecular complexity index is 1410. The van der Waals surface area contributed by atoms with Gasteiger partial charge < -0.3 is 4.57 Å². The Morgan fingerprint density at radius 2 is 1.50 bits per heavy atom. The van der Waals surface area contributed by atoms with Crippen LogP contribution in [0.5, 0.6) is 0 Å². The second kappa shape index (κ2) is 8.90. The summed E-state index contributed by atoms with van der Waals surface area (Å²) in [6.07, 6.45) is 6.89. The van der Waals surface area contributed by atoms with Crippen LogP contribution in [0.3, 0.4) is 0 Å². The summed E-state index contributed by atoms with van der Waals surface area (Å²) in [5.74, 6) is 0.864. The summed E-state index contributed by atoms with van der Waals surface area (Å²) in [6, 6.07) is 28.5. The molecular weight excluding hydrogens is 418 g/mol. The molecular formula is C29H29N5. The summed E-state index contributed by atoms with van der Waals surface area (Å²) in [5, 5.41) is 15.7. The Morgan fingerprint density at radius 1 is 0.794 bits per heavy atom. The fourth-order valence-electron chi connectivity index (χ4n) is 5.40. The molecule has 0 amide bonds. The molecule has 0 radical (unpaired) electrons. The van der Waals surface area contributed by atoms with Gasteiger partial charge in [0.15, 0.2) is 5.82 Å². The highest BCUT2D eigenvalue weighted by Crippen LogP contribution is 2.39. The lowest BCUT2D eigenvalue weighted by molar-refractivity contribution is 0.326. The Balaban J connectivity index is 1.62. The minimum absolute atomic E-state index is 0.358. The van der Waals surface area contributed by atoms with Crippen LogP contribution in [-0.2, 0) is 6.42 Å². The SMILES string of the molecule is Cc1ccc(-n2c(Cc3ccccc3)c3ccccc3c2-c2nnnn2C2CCCCC2)cc1. The standard InChI is InChI=1S/C29H29N5/c1-21-16-18-23(19-17-21)33-27(20-22-10-4-2-5-11-22)25-14-8-9-15-26(25)28(33)29-30-31-32-34(29)24-12-6-3-7-13-24/h2,4-5,8-11,14-19,24H,3,6-7,12-13,20H2,1H3. The molecule has 1 saturated carbocycles. The van der Waals surface area contributed by atoms with Crippen molar-refractivity contribution in [1.82, 2.24) is 24.8 Å². The molecule has 2 aromatic heterocycles. The molecule has 170 valence electrons. The quantitative estimate of drug-likeness (QED) is 0.302. The van der Waals surface area contributed by atoms with E-state index in [1.54, 1.807) is 0 Å². The van der Waals surface area contributed by atoms with E-state index in [0.717, 1.165) is 36.5 Å². The predicted octanol–water partition coefficient (Wildman–Crippen LogP) is 6.69. The van der Waals surface area contributed by atoms with Crippen LogP contribution in [-0.4, -0.2) is 24.8 Å². The van der Waals surface area contributed by atoms with Gasteiger partial charge in [0.1, 0.15) is 5.69 Å². The van der Waals surface area contributed by atoms with Crippen LogP contribution < -0.4 is 0 Å². The molecule has 1 aliphatic carbocycles. The van der Waals surface area contributed by atoms with Gasteiger partial charge in [-0.05, 0) is 47.9 Å². The summed E-state index contributed by atoms with van der Waals surface area (Å²) < 4.78 is 4.49. The molecule has 2 heterocycles. The molecule has 5 aromatic rings. The number of rotatable bonds is 5. The number of fused-ring (bicyclic) bond motifs is 1. The lowest BCUT2D eigenvalue weighted by Crippen LogP contribution is -2.16. The van der Waals surface area contributed by atoms with Crippen LogP contribution in [0.2, 0.25) is 0 Å². The van der Waals surface area contributed by atoms with Crippen LogP contribution in [0.15, 0.2) is 78.9 Å². The van der Waals surface area contributed by atoms with Crippen LogP contribution in [0.4, 0.5) is 0 Å². The van der Waals surface area contributed by atoms with Crippen molar-refractivity contribution in [2.24, 2.45) is 0 Å². The normalized spacial score (nSPS) is 14.6. The van der Waals surface area contributed by atoms with Gasteiger partial charge >= 0.3 is 0 Å². The highest BCUT2D eigenvalue weighted by Gasteiger charge is 2.27. The number of aryl methyl sites for hydroxylation is 1. The van der Waals surface area contributed by atoms with Gasteiger partial charge in [-0.15, -0.1) is 5.10 Å². The van der Waals surface area contributed by atoms with E-state index in [1.807, 2.05) is 0 Å². The van der Waals surface area contributed by atoms with Crippen LogP contribution in [0, 0.1) is 6.92 Å². The largest absolute Gasteiger partial charge is 0.309 e. The lowest BCUT2D eigenvalue weighted by Gasteiger charge is -2.23. The van der Waals surface area contributed by atoms with Crippen molar-refractivity contribution in [2.75, 3.05) is 0 Å². The number of tetrazole rings is 1. The Labute approximate surface area is 200 Å². The number of aromatic nitrogens is 5. The fourth-order valence-corrected chi connectivity index (χ4v) is 5.40. The van der Waals surface area contributed by atoms with Crippen molar-refractivity contribution in [1.29, 1.82) is 0 Å². The molecule has 6 rings (SSSR count). The zero-order valence-electron chi connectivity index (χ0n) is 19.6. The Morgan fingerprint density at radius 3 is 2.26 bits per heavy atom. The minimum Gasteiger partial charge on any atom is -0.309 e. The maximum absolute atomic E-state index is 4.62. The van der Waals surface area contributed by atoms with Crippen molar-refractivity contribution < 1.29 is 0 Å². The molecule has 0 N–H and O–H groups in total. The van der Waals surface area contributed by atoms with E-state index in [-0.39, 0.29) is 0 Å². The van der Waals surface area contributed by atoms with Gasteiger partial charge in [-0.1, -0.05) is 91.6 Å². The molecule has 34 heavy (non-hydrogen) atoms. The van der Waals surface area contributed by atoms with Gasteiger partial charge in [-0.25, -0.2) is 4.68 Å². The number of hydrogen-bond acceptors (Lipinski definition) is 3. The second-order valence-electron chi connectivity index (χ2n) is 9.41. The monoisotopic (exact) mass is 447 g/mol. The third-order valence-corrected chi connectivity index (χ3v) is 7.12. The van der Waals surface area contributed by atoms with Crippen molar-refractivity contribution in [2.45, 2.75) is 51.5 Å². The molecule has 0 saturated heterocycles. The van der Waals surface area contributed by atoms with E-state index in [4.69, 9.17) is 0 Å². The molecule has 5 heteroatoms. The lowest BCUT2D eigenvalue weighted by atomic mass is 9.95. The summed E-state index contributed by atoms with van der Waals surface area (Å²) in [5.41, 5.74) is 6.02. The Kier molecular flexibility index (Phi) is 5.46.